The molecule has 17 heteroatoms. The number of nitrogens with two attached hydrogens (primary N) is 1. The van der Waals surface area contributed by atoms with Crippen molar-refractivity contribution >= 4 is 41.5 Å². The maximum Gasteiger partial charge on any atom is 0.316 e. The minimum absolute atomic E-state index is 0.144. The monoisotopic (exact) mass is 558 g/mol. The lowest BCUT2D eigenvalue weighted by Crippen LogP contribution is -2.60. The number of nitrogens with one attached hydrogen (secondary N) is 7. The summed E-state index contributed by atoms with van der Waals surface area (Å²) in [5.74, 6) is -4.77. The van der Waals surface area contributed by atoms with Gasteiger partial charge >= 0.3 is 6.03 Å². The zero-order valence-corrected chi connectivity index (χ0v) is 21.9. The van der Waals surface area contributed by atoms with Gasteiger partial charge in [-0.2, -0.15) is 0 Å². The van der Waals surface area contributed by atoms with Crippen LogP contribution in [0.4, 0.5) is 4.79 Å². The number of hydrazine groups is 1. The van der Waals surface area contributed by atoms with Crippen LogP contribution in [-0.4, -0.2) is 95.1 Å². The van der Waals surface area contributed by atoms with E-state index >= 15 is 0 Å². The number of primary amides is 1. The number of rotatable bonds is 6. The van der Waals surface area contributed by atoms with Gasteiger partial charge in [0.1, 0.15) is 18.1 Å². The third-order valence-electron chi connectivity index (χ3n) is 5.62. The van der Waals surface area contributed by atoms with Crippen molar-refractivity contribution in [2.75, 3.05) is 13.2 Å². The first kappa shape index (κ1) is 33.0. The molecule has 0 aromatic rings. The van der Waals surface area contributed by atoms with Crippen LogP contribution < -0.4 is 43.2 Å². The predicted octanol–water partition coefficient (Wildman–Crippen LogP) is -4.51. The highest BCUT2D eigenvalue weighted by Gasteiger charge is 2.30. The SMILES string of the molecule is CCC(=O)NC1CCCCNC(=O)[C@H](C(C)O)NC(=O)N[C@@H](CC(N)=O)C(=O)NNC(=O)[C@H](CO)NC(=O)C1. The van der Waals surface area contributed by atoms with Gasteiger partial charge in [-0.05, 0) is 26.2 Å². The van der Waals surface area contributed by atoms with E-state index in [1.54, 1.807) is 6.92 Å². The largest absolute Gasteiger partial charge is 0.394 e. The van der Waals surface area contributed by atoms with Crippen molar-refractivity contribution in [2.45, 2.75) is 82.6 Å². The molecule has 17 nitrogen and oxygen atoms in total. The number of aliphatic hydroxyl groups is 2. The maximum atomic E-state index is 12.5. The Morgan fingerprint density at radius 1 is 1.00 bits per heavy atom. The minimum atomic E-state index is -1.60. The zero-order valence-electron chi connectivity index (χ0n) is 21.9. The van der Waals surface area contributed by atoms with Crippen molar-refractivity contribution in [1.82, 2.24) is 37.4 Å². The first-order chi connectivity index (χ1) is 18.4. The first-order valence-electron chi connectivity index (χ1n) is 12.5. The number of carbonyl (C=O) groups excluding carboxylic acids is 7. The molecule has 39 heavy (non-hydrogen) atoms. The molecule has 0 spiro atoms. The molecule has 0 bridgehead atoms. The lowest BCUT2D eigenvalue weighted by atomic mass is 10.0. The average Bonchev–Trinajstić information content (AvgIpc) is 2.86. The lowest BCUT2D eigenvalue weighted by molar-refractivity contribution is -0.134. The average molecular weight is 559 g/mol. The second kappa shape index (κ2) is 16.8. The molecule has 1 saturated heterocycles. The fourth-order valence-electron chi connectivity index (χ4n) is 3.52. The molecule has 1 fully saturated rings. The van der Waals surface area contributed by atoms with Crippen molar-refractivity contribution in [1.29, 1.82) is 0 Å². The van der Waals surface area contributed by atoms with Crippen LogP contribution in [0.1, 0.15) is 52.4 Å². The van der Waals surface area contributed by atoms with Crippen LogP contribution in [0.15, 0.2) is 0 Å². The molecule has 2 unspecified atom stereocenters. The number of urea groups is 1. The molecule has 0 aromatic heterocycles. The van der Waals surface area contributed by atoms with Gasteiger partial charge in [-0.25, -0.2) is 4.79 Å². The summed E-state index contributed by atoms with van der Waals surface area (Å²) in [5, 5.41) is 31.5. The molecule has 1 heterocycles. The van der Waals surface area contributed by atoms with Crippen molar-refractivity contribution in [3.8, 4) is 0 Å². The van der Waals surface area contributed by atoms with E-state index in [1.807, 2.05) is 10.9 Å². The third-order valence-corrected chi connectivity index (χ3v) is 5.62. The number of hydrogen-bond donors (Lipinski definition) is 10. The van der Waals surface area contributed by atoms with Crippen molar-refractivity contribution in [3.05, 3.63) is 0 Å². The Morgan fingerprint density at radius 2 is 1.64 bits per heavy atom. The van der Waals surface area contributed by atoms with Gasteiger partial charge in [-0.3, -0.25) is 39.6 Å². The van der Waals surface area contributed by atoms with Crippen LogP contribution in [0.2, 0.25) is 0 Å². The highest BCUT2D eigenvalue weighted by Crippen LogP contribution is 2.06. The minimum Gasteiger partial charge on any atom is -0.394 e. The van der Waals surface area contributed by atoms with Gasteiger partial charge in [0.15, 0.2) is 0 Å². The van der Waals surface area contributed by atoms with Gasteiger partial charge in [0, 0.05) is 25.4 Å². The standard InChI is InChI=1S/C22H38N8O9/c1-3-16(34)25-12-6-4-5-7-24-21(38)18(11(2)32)28-22(39)27-13(9-15(23)33)19(36)29-30-20(37)14(10-31)26-17(35)8-12/h11-14,18,31-32H,3-10H2,1-2H3,(H2,23,33)(H,24,38)(H,25,34)(H,26,35)(H,29,36)(H,30,37)(H2,27,28,39)/t11?,12?,13-,14-,18-/m0/s1. The molecule has 0 radical (unpaired) electrons. The molecule has 1 aliphatic heterocycles. The van der Waals surface area contributed by atoms with E-state index in [0.29, 0.717) is 19.3 Å². The molecule has 8 amide bonds. The van der Waals surface area contributed by atoms with Crippen LogP contribution in [0.25, 0.3) is 0 Å². The normalized spacial score (nSPS) is 25.4. The summed E-state index contributed by atoms with van der Waals surface area (Å²) in [6.45, 7) is 2.21. The third kappa shape index (κ3) is 12.4. The van der Waals surface area contributed by atoms with E-state index in [2.05, 4.69) is 26.6 Å². The van der Waals surface area contributed by atoms with Gasteiger partial charge in [-0.15, -0.1) is 0 Å². The summed E-state index contributed by atoms with van der Waals surface area (Å²) >= 11 is 0. The number of amides is 8. The molecule has 11 N–H and O–H groups in total. The van der Waals surface area contributed by atoms with Crippen LogP contribution in [0.3, 0.4) is 0 Å². The number of carbonyl (C=O) groups is 7. The van der Waals surface area contributed by atoms with E-state index in [9.17, 15) is 43.8 Å². The summed E-state index contributed by atoms with van der Waals surface area (Å²) in [7, 11) is 0. The summed E-state index contributed by atoms with van der Waals surface area (Å²) in [6, 6.07) is -6.19. The fourth-order valence-corrected chi connectivity index (χ4v) is 3.52. The van der Waals surface area contributed by atoms with Crippen molar-refractivity contribution < 1.29 is 43.8 Å². The second-order valence-electron chi connectivity index (χ2n) is 8.95. The molecule has 0 aromatic carbocycles. The Hall–Kier alpha value is -3.99. The Balaban J connectivity index is 3.15. The highest BCUT2D eigenvalue weighted by molar-refractivity contribution is 5.95. The van der Waals surface area contributed by atoms with E-state index in [-0.39, 0.29) is 25.3 Å². The van der Waals surface area contributed by atoms with Crippen molar-refractivity contribution in [2.24, 2.45) is 5.73 Å². The summed E-state index contributed by atoms with van der Waals surface area (Å²) in [6.07, 6.45) is -0.816. The topological polar surface area (TPSA) is 270 Å². The molecule has 1 aliphatic rings. The fraction of sp³-hybridized carbons (Fsp3) is 0.682. The maximum absolute atomic E-state index is 12.5. The zero-order chi connectivity index (χ0) is 29.5. The van der Waals surface area contributed by atoms with Gasteiger partial charge < -0.3 is 42.5 Å². The van der Waals surface area contributed by atoms with E-state index in [1.165, 1.54) is 6.92 Å². The highest BCUT2D eigenvalue weighted by atomic mass is 16.3. The number of hydrogen-bond acceptors (Lipinski definition) is 9. The Kier molecular flexibility index (Phi) is 14.2. The molecule has 0 saturated carbocycles. The Morgan fingerprint density at radius 3 is 2.21 bits per heavy atom. The predicted molar refractivity (Wildman–Crippen MR) is 134 cm³/mol. The lowest BCUT2D eigenvalue weighted by Gasteiger charge is -2.24. The first-order valence-corrected chi connectivity index (χ1v) is 12.5. The summed E-state index contributed by atoms with van der Waals surface area (Å²) in [4.78, 5) is 85.8. The Labute approximate surface area is 224 Å². The smallest absolute Gasteiger partial charge is 0.316 e. The van der Waals surface area contributed by atoms with Gasteiger partial charge in [0.05, 0.1) is 19.1 Å². The summed E-state index contributed by atoms with van der Waals surface area (Å²) in [5.41, 5.74) is 9.06. The summed E-state index contributed by atoms with van der Waals surface area (Å²) < 4.78 is 0. The Bertz CT molecular complexity index is 914. The van der Waals surface area contributed by atoms with E-state index < -0.39 is 78.9 Å². The van der Waals surface area contributed by atoms with Gasteiger partial charge in [0.2, 0.25) is 23.6 Å². The van der Waals surface area contributed by atoms with Gasteiger partial charge in [-0.1, -0.05) is 6.92 Å². The second-order valence-corrected chi connectivity index (χ2v) is 8.95. The molecule has 220 valence electrons. The van der Waals surface area contributed by atoms with E-state index in [0.717, 1.165) is 0 Å². The van der Waals surface area contributed by atoms with E-state index in [4.69, 9.17) is 5.73 Å². The van der Waals surface area contributed by atoms with Crippen LogP contribution in [-0.2, 0) is 28.8 Å². The van der Waals surface area contributed by atoms with Crippen LogP contribution in [0.5, 0.6) is 0 Å². The quantitative estimate of drug-likeness (QED) is 0.150. The molecule has 5 atom stereocenters. The van der Waals surface area contributed by atoms with Crippen LogP contribution >= 0.6 is 0 Å². The van der Waals surface area contributed by atoms with Gasteiger partial charge in [0.25, 0.3) is 11.8 Å². The molecule has 1 rings (SSSR count). The molecule has 0 aliphatic carbocycles. The van der Waals surface area contributed by atoms with Crippen LogP contribution in [0, 0.1) is 0 Å². The van der Waals surface area contributed by atoms with Crippen molar-refractivity contribution in [3.63, 3.8) is 0 Å². The molecular weight excluding hydrogens is 520 g/mol. The molecular formula is C22H38N8O9. The number of aliphatic hydroxyl groups excluding tert-OH is 2.